The molecule has 0 aromatic carbocycles. The Morgan fingerprint density at radius 3 is 1.18 bits per heavy atom. The first-order valence-corrected chi connectivity index (χ1v) is 14.0. The van der Waals surface area contributed by atoms with E-state index in [2.05, 4.69) is 25.9 Å². The third-order valence-corrected chi connectivity index (χ3v) is 4.77. The summed E-state index contributed by atoms with van der Waals surface area (Å²) in [4.78, 5) is 1.81. The van der Waals surface area contributed by atoms with Gasteiger partial charge in [-0.25, -0.2) is 5.53 Å². The van der Waals surface area contributed by atoms with Gasteiger partial charge in [0.25, 0.3) is 0 Å². The van der Waals surface area contributed by atoms with Gasteiger partial charge >= 0.3 is 0 Å². The van der Waals surface area contributed by atoms with Crippen molar-refractivity contribution in [1.82, 2.24) is 4.90 Å². The van der Waals surface area contributed by atoms with Gasteiger partial charge in [0.05, 0.1) is 126 Å². The van der Waals surface area contributed by atoms with Gasteiger partial charge in [0.1, 0.15) is 5.70 Å². The maximum atomic E-state index is 8.97. The van der Waals surface area contributed by atoms with Crippen molar-refractivity contribution < 1.29 is 47.7 Å². The van der Waals surface area contributed by atoms with E-state index in [0.717, 1.165) is 6.61 Å². The van der Waals surface area contributed by atoms with Gasteiger partial charge in [0.15, 0.2) is 0 Å². The first-order chi connectivity index (χ1) is 19.4. The predicted octanol–water partition coefficient (Wildman–Crippen LogP) is 1.98. The highest BCUT2D eigenvalue weighted by Gasteiger charge is 2.09. The summed E-state index contributed by atoms with van der Waals surface area (Å²) in [5.74, 6) is 0. The van der Waals surface area contributed by atoms with Crippen LogP contribution in [0.5, 0.6) is 0 Å². The Labute approximate surface area is 240 Å². The minimum Gasteiger partial charge on any atom is -0.390 e. The SMILES string of the molecule is CN(/C=C(/CO)N=N)CCOCCOCCOCCOCCOCCOCCOCCOCCOCC(C)(C)C. The normalized spacial score (nSPS) is 12.3. The molecule has 0 unspecified atom stereocenters. The standard InChI is InChI=1S/C27H55N3O10/c1-27(2,3)25-40-22-21-39-20-19-38-18-17-37-16-15-36-14-13-35-12-11-34-10-9-33-8-7-32-6-5-30(4)23-26(24-31)29-28/h23,28,31H,5-22,24-25H2,1-4H3/b26-23-,29-28?. The number of nitrogens with one attached hydrogen (secondary N) is 1. The zero-order valence-corrected chi connectivity index (χ0v) is 25.2. The molecule has 0 amide bonds. The predicted molar refractivity (Wildman–Crippen MR) is 150 cm³/mol. The monoisotopic (exact) mass is 581 g/mol. The summed E-state index contributed by atoms with van der Waals surface area (Å²) >= 11 is 0. The average molecular weight is 582 g/mol. The molecule has 0 saturated heterocycles. The van der Waals surface area contributed by atoms with Crippen LogP contribution in [0.1, 0.15) is 20.8 Å². The quantitative estimate of drug-likeness (QED) is 0.0916. The summed E-state index contributed by atoms with van der Waals surface area (Å²) in [5, 5.41) is 12.2. The van der Waals surface area contributed by atoms with Crippen LogP contribution < -0.4 is 0 Å². The Morgan fingerprint density at radius 1 is 0.600 bits per heavy atom. The summed E-state index contributed by atoms with van der Waals surface area (Å²) in [6.45, 7) is 16.4. The Kier molecular flexibility index (Phi) is 28.3. The molecule has 238 valence electrons. The molecule has 0 aliphatic heterocycles. The van der Waals surface area contributed by atoms with Gasteiger partial charge in [-0.15, -0.1) is 0 Å². The molecule has 13 nitrogen and oxygen atoms in total. The van der Waals surface area contributed by atoms with Gasteiger partial charge in [0, 0.05) is 19.8 Å². The third-order valence-electron chi connectivity index (χ3n) is 4.77. The molecule has 0 aromatic rings. The molecule has 0 saturated carbocycles. The van der Waals surface area contributed by atoms with E-state index in [-0.39, 0.29) is 12.0 Å². The number of ether oxygens (including phenoxy) is 9. The van der Waals surface area contributed by atoms with Crippen LogP contribution in [0.4, 0.5) is 0 Å². The summed E-state index contributed by atoms with van der Waals surface area (Å²) in [5.41, 5.74) is 7.38. The van der Waals surface area contributed by atoms with Crippen LogP contribution in [0.25, 0.3) is 0 Å². The fourth-order valence-corrected chi connectivity index (χ4v) is 2.77. The van der Waals surface area contributed by atoms with E-state index in [1.165, 1.54) is 0 Å². The highest BCUT2D eigenvalue weighted by molar-refractivity contribution is 4.96. The molecule has 13 heteroatoms. The van der Waals surface area contributed by atoms with Gasteiger partial charge in [-0.3, -0.25) is 0 Å². The molecule has 0 heterocycles. The number of rotatable bonds is 31. The van der Waals surface area contributed by atoms with Crippen molar-refractivity contribution in [2.24, 2.45) is 10.5 Å². The lowest BCUT2D eigenvalue weighted by molar-refractivity contribution is -0.0266. The van der Waals surface area contributed by atoms with Crippen LogP contribution >= 0.6 is 0 Å². The van der Waals surface area contributed by atoms with E-state index in [1.807, 2.05) is 11.9 Å². The molecule has 0 fully saturated rings. The molecule has 0 spiro atoms. The van der Waals surface area contributed by atoms with E-state index in [4.69, 9.17) is 53.3 Å². The van der Waals surface area contributed by atoms with E-state index in [1.54, 1.807) is 6.20 Å². The molecule has 0 aliphatic carbocycles. The number of hydrogen-bond donors (Lipinski definition) is 2. The Balaban J connectivity index is 3.16. The van der Waals surface area contributed by atoms with Crippen molar-refractivity contribution in [2.45, 2.75) is 20.8 Å². The number of likely N-dealkylation sites (N-methyl/N-ethyl adjacent to an activating group) is 1. The Hall–Kier alpha value is -1.26. The van der Waals surface area contributed by atoms with Gasteiger partial charge in [0.2, 0.25) is 0 Å². The van der Waals surface area contributed by atoms with Crippen molar-refractivity contribution in [3.8, 4) is 0 Å². The lowest BCUT2D eigenvalue weighted by Crippen LogP contribution is -2.20. The molecule has 0 aromatic heterocycles. The third kappa shape index (κ3) is 31.3. The Bertz CT molecular complexity index is 579. The summed E-state index contributed by atoms with van der Waals surface area (Å²) < 4.78 is 49.2. The maximum Gasteiger partial charge on any atom is 0.104 e. The fourth-order valence-electron chi connectivity index (χ4n) is 2.77. The van der Waals surface area contributed by atoms with Crippen LogP contribution in [-0.2, 0) is 42.6 Å². The highest BCUT2D eigenvalue weighted by atomic mass is 16.6. The summed E-state index contributed by atoms with van der Waals surface area (Å²) in [7, 11) is 1.83. The van der Waals surface area contributed by atoms with Gasteiger partial charge in [-0.2, -0.15) is 5.11 Å². The molecule has 40 heavy (non-hydrogen) atoms. The summed E-state index contributed by atoms with van der Waals surface area (Å²) in [6.07, 6.45) is 1.61. The van der Waals surface area contributed by atoms with Crippen LogP contribution in [0, 0.1) is 10.9 Å². The topological polar surface area (TPSA) is 143 Å². The molecule has 0 radical (unpaired) electrons. The van der Waals surface area contributed by atoms with Crippen molar-refractivity contribution in [3.63, 3.8) is 0 Å². The molecule has 0 bridgehead atoms. The van der Waals surface area contributed by atoms with Gasteiger partial charge in [-0.05, 0) is 5.41 Å². The molecule has 2 N–H and O–H groups in total. The summed E-state index contributed by atoms with van der Waals surface area (Å²) in [6, 6.07) is 0. The van der Waals surface area contributed by atoms with Crippen molar-refractivity contribution in [1.29, 1.82) is 5.53 Å². The van der Waals surface area contributed by atoms with Gasteiger partial charge < -0.3 is 52.6 Å². The van der Waals surface area contributed by atoms with Crippen LogP contribution in [0.15, 0.2) is 17.0 Å². The van der Waals surface area contributed by atoms with Crippen LogP contribution in [-0.4, -0.2) is 149 Å². The second-order valence-electron chi connectivity index (χ2n) is 9.88. The lowest BCUT2D eigenvalue weighted by atomic mass is 9.99. The number of aliphatic hydroxyl groups is 1. The molecule has 0 atom stereocenters. The number of hydrogen-bond acceptors (Lipinski definition) is 13. The average Bonchev–Trinajstić information content (AvgIpc) is 2.92. The highest BCUT2D eigenvalue weighted by Crippen LogP contribution is 2.12. The van der Waals surface area contributed by atoms with Crippen LogP contribution in [0.2, 0.25) is 0 Å². The zero-order valence-electron chi connectivity index (χ0n) is 25.2. The van der Waals surface area contributed by atoms with E-state index in [9.17, 15) is 0 Å². The van der Waals surface area contributed by atoms with Gasteiger partial charge in [-0.1, -0.05) is 20.8 Å². The molecule has 0 rings (SSSR count). The minimum atomic E-state index is -0.258. The zero-order chi connectivity index (χ0) is 29.6. The minimum absolute atomic E-state index is 0.181. The lowest BCUT2D eigenvalue weighted by Gasteiger charge is -2.17. The van der Waals surface area contributed by atoms with Crippen molar-refractivity contribution in [3.05, 3.63) is 11.9 Å². The van der Waals surface area contributed by atoms with E-state index in [0.29, 0.717) is 125 Å². The van der Waals surface area contributed by atoms with E-state index >= 15 is 0 Å². The van der Waals surface area contributed by atoms with Crippen LogP contribution in [0.3, 0.4) is 0 Å². The van der Waals surface area contributed by atoms with E-state index < -0.39 is 0 Å². The Morgan fingerprint density at radius 2 is 0.900 bits per heavy atom. The molecular weight excluding hydrogens is 526 g/mol. The first-order valence-electron chi connectivity index (χ1n) is 14.0. The van der Waals surface area contributed by atoms with Crippen molar-refractivity contribution in [2.75, 3.05) is 139 Å². The smallest absolute Gasteiger partial charge is 0.104 e. The second kappa shape index (κ2) is 29.2. The number of aliphatic hydroxyl groups excluding tert-OH is 1. The second-order valence-corrected chi connectivity index (χ2v) is 9.88. The molecular formula is C27H55N3O10. The number of nitrogens with zero attached hydrogens (tertiary/aromatic N) is 2. The first kappa shape index (κ1) is 38.7. The fraction of sp³-hybridized carbons (Fsp3) is 0.926. The molecule has 0 aliphatic rings. The maximum absolute atomic E-state index is 8.97. The van der Waals surface area contributed by atoms with Crippen molar-refractivity contribution >= 4 is 0 Å². The largest absolute Gasteiger partial charge is 0.390 e.